The van der Waals surface area contributed by atoms with Gasteiger partial charge in [0, 0.05) is 0 Å². The summed E-state index contributed by atoms with van der Waals surface area (Å²) < 4.78 is 11.3. The van der Waals surface area contributed by atoms with E-state index in [1.54, 1.807) is 24.3 Å². The van der Waals surface area contributed by atoms with Crippen molar-refractivity contribution >= 4 is 32.8 Å². The van der Waals surface area contributed by atoms with Crippen LogP contribution in [-0.4, -0.2) is 18.1 Å². The van der Waals surface area contributed by atoms with Crippen molar-refractivity contribution < 1.29 is 19.1 Å². The number of aromatic hydroxyl groups is 1. The Balaban J connectivity index is 1.96. The highest BCUT2D eigenvalue weighted by Gasteiger charge is 2.36. The summed E-state index contributed by atoms with van der Waals surface area (Å²) in [5.74, 6) is -0.244. The monoisotopic (exact) mass is 429 g/mol. The van der Waals surface area contributed by atoms with Crippen LogP contribution in [0.25, 0.3) is 11.0 Å². The number of hydrogen-bond donors (Lipinski definition) is 2. The number of halogens is 1. The van der Waals surface area contributed by atoms with E-state index in [1.807, 2.05) is 13.0 Å². The lowest BCUT2D eigenvalue weighted by Crippen LogP contribution is -2.22. The first-order chi connectivity index (χ1) is 12.9. The topological polar surface area (TPSA) is 88.8 Å². The summed E-state index contributed by atoms with van der Waals surface area (Å²) in [7, 11) is 1.43. The number of carbonyl (C=O) groups excluding carboxylic acids is 1. The predicted molar refractivity (Wildman–Crippen MR) is 104 cm³/mol. The number of aryl methyl sites for hydroxylation is 1. The number of methoxy groups -OCH3 is 1. The Labute approximate surface area is 162 Å². The third kappa shape index (κ3) is 2.70. The third-order valence-corrected chi connectivity index (χ3v) is 5.38. The van der Waals surface area contributed by atoms with Crippen molar-refractivity contribution in [3.05, 3.63) is 67.5 Å². The molecule has 4 rings (SSSR count). The number of rotatable bonds is 3. The maximum Gasteiger partial charge on any atom is 0.288 e. The molecular weight excluding hydrogens is 414 g/mol. The first kappa shape index (κ1) is 17.6. The zero-order valence-corrected chi connectivity index (χ0v) is 16.2. The predicted octanol–water partition coefficient (Wildman–Crippen LogP) is 3.66. The standard InChI is InChI=1S/C20H16BrNO5/c1-3-9-4-5-13-11(6-9)17(23)15-16(22-20(25)19(15)27-13)10-7-12(21)18(24)14(8-10)26-2/h4-8,16,24H,3H2,1-2H3,(H,22,25). The number of benzene rings is 2. The molecule has 1 atom stereocenters. The van der Waals surface area contributed by atoms with Gasteiger partial charge in [-0.25, -0.2) is 0 Å². The average Bonchev–Trinajstić information content (AvgIpc) is 3.00. The van der Waals surface area contributed by atoms with Gasteiger partial charge < -0.3 is 19.6 Å². The second-order valence-corrected chi connectivity index (χ2v) is 7.17. The Hall–Kier alpha value is -2.80. The molecule has 0 fully saturated rings. The van der Waals surface area contributed by atoms with Crippen LogP contribution in [0.4, 0.5) is 0 Å². The van der Waals surface area contributed by atoms with Crippen LogP contribution in [0.15, 0.2) is 44.0 Å². The summed E-state index contributed by atoms with van der Waals surface area (Å²) in [6.07, 6.45) is 0.787. The van der Waals surface area contributed by atoms with Crippen molar-refractivity contribution in [2.45, 2.75) is 19.4 Å². The number of phenols is 1. The first-order valence-electron chi connectivity index (χ1n) is 8.41. The molecule has 1 aliphatic heterocycles. The molecule has 0 saturated heterocycles. The van der Waals surface area contributed by atoms with Crippen LogP contribution in [0.2, 0.25) is 0 Å². The molecule has 6 nitrogen and oxygen atoms in total. The fraction of sp³-hybridized carbons (Fsp3) is 0.200. The molecule has 0 saturated carbocycles. The Morgan fingerprint density at radius 1 is 1.26 bits per heavy atom. The van der Waals surface area contributed by atoms with Crippen molar-refractivity contribution in [3.63, 3.8) is 0 Å². The Morgan fingerprint density at radius 2 is 2.04 bits per heavy atom. The molecule has 7 heteroatoms. The lowest BCUT2D eigenvalue weighted by molar-refractivity contribution is 0.0938. The lowest BCUT2D eigenvalue weighted by atomic mass is 9.98. The maximum absolute atomic E-state index is 13.2. The molecule has 0 aliphatic carbocycles. The highest BCUT2D eigenvalue weighted by molar-refractivity contribution is 9.10. The molecule has 0 spiro atoms. The van der Waals surface area contributed by atoms with E-state index < -0.39 is 11.9 Å². The highest BCUT2D eigenvalue weighted by Crippen LogP contribution is 2.40. The normalized spacial score (nSPS) is 15.7. The van der Waals surface area contributed by atoms with Crippen LogP contribution in [0.3, 0.4) is 0 Å². The second kappa shape index (κ2) is 6.42. The van der Waals surface area contributed by atoms with Gasteiger partial charge in [-0.15, -0.1) is 0 Å². The average molecular weight is 430 g/mol. The fourth-order valence-corrected chi connectivity index (χ4v) is 3.80. The molecule has 1 aromatic heterocycles. The van der Waals surface area contributed by atoms with Gasteiger partial charge >= 0.3 is 0 Å². The molecule has 1 aliphatic rings. The van der Waals surface area contributed by atoms with Gasteiger partial charge in [0.05, 0.1) is 28.6 Å². The number of hydrogen-bond acceptors (Lipinski definition) is 5. The molecule has 2 heterocycles. The summed E-state index contributed by atoms with van der Waals surface area (Å²) in [5, 5.41) is 13.3. The molecule has 1 unspecified atom stereocenters. The van der Waals surface area contributed by atoms with Gasteiger partial charge in [-0.1, -0.05) is 13.0 Å². The van der Waals surface area contributed by atoms with Crippen molar-refractivity contribution in [1.29, 1.82) is 0 Å². The van der Waals surface area contributed by atoms with Crippen LogP contribution in [0.5, 0.6) is 11.5 Å². The van der Waals surface area contributed by atoms with Crippen LogP contribution in [-0.2, 0) is 6.42 Å². The zero-order chi connectivity index (χ0) is 19.3. The summed E-state index contributed by atoms with van der Waals surface area (Å²) in [4.78, 5) is 25.6. The van der Waals surface area contributed by atoms with E-state index in [9.17, 15) is 14.7 Å². The Bertz CT molecular complexity index is 1150. The Kier molecular flexibility index (Phi) is 4.19. The fourth-order valence-electron chi connectivity index (χ4n) is 3.34. The number of amides is 1. The smallest absolute Gasteiger partial charge is 0.288 e. The van der Waals surface area contributed by atoms with Crippen LogP contribution in [0.1, 0.15) is 40.2 Å². The quantitative estimate of drug-likeness (QED) is 0.662. The molecule has 2 aromatic carbocycles. The summed E-state index contributed by atoms with van der Waals surface area (Å²) >= 11 is 3.27. The van der Waals surface area contributed by atoms with E-state index in [-0.39, 0.29) is 28.3 Å². The number of carbonyl (C=O) groups is 1. The van der Waals surface area contributed by atoms with Crippen LogP contribution < -0.4 is 15.5 Å². The van der Waals surface area contributed by atoms with Gasteiger partial charge in [-0.3, -0.25) is 9.59 Å². The SMILES string of the molecule is CCc1ccc2oc3c(c(=O)c2c1)C(c1cc(Br)c(O)c(OC)c1)NC3=O. The zero-order valence-electron chi connectivity index (χ0n) is 14.6. The highest BCUT2D eigenvalue weighted by atomic mass is 79.9. The molecule has 0 radical (unpaired) electrons. The number of ether oxygens (including phenoxy) is 1. The van der Waals surface area contributed by atoms with E-state index >= 15 is 0 Å². The molecule has 1 amide bonds. The van der Waals surface area contributed by atoms with Crippen molar-refractivity contribution in [1.82, 2.24) is 5.32 Å². The summed E-state index contributed by atoms with van der Waals surface area (Å²) in [6, 6.07) is 7.94. The van der Waals surface area contributed by atoms with E-state index in [2.05, 4.69) is 21.2 Å². The van der Waals surface area contributed by atoms with E-state index in [0.29, 0.717) is 21.0 Å². The summed E-state index contributed by atoms with van der Waals surface area (Å²) in [6.45, 7) is 2.00. The largest absolute Gasteiger partial charge is 0.503 e. The molecule has 0 bridgehead atoms. The molecule has 138 valence electrons. The minimum atomic E-state index is -0.691. The van der Waals surface area contributed by atoms with Gasteiger partial charge in [-0.05, 0) is 57.7 Å². The number of fused-ring (bicyclic) bond motifs is 2. The van der Waals surface area contributed by atoms with Crippen LogP contribution >= 0.6 is 15.9 Å². The molecule has 2 N–H and O–H groups in total. The lowest BCUT2D eigenvalue weighted by Gasteiger charge is -2.15. The first-order valence-corrected chi connectivity index (χ1v) is 9.20. The Morgan fingerprint density at radius 3 is 2.74 bits per heavy atom. The van der Waals surface area contributed by atoms with E-state index in [1.165, 1.54) is 7.11 Å². The van der Waals surface area contributed by atoms with Gasteiger partial charge in [0.25, 0.3) is 5.91 Å². The molecule has 3 aromatic rings. The van der Waals surface area contributed by atoms with Crippen molar-refractivity contribution in [3.8, 4) is 11.5 Å². The van der Waals surface area contributed by atoms with E-state index in [0.717, 1.165) is 12.0 Å². The minimum absolute atomic E-state index is 0.0184. The van der Waals surface area contributed by atoms with Gasteiger partial charge in [-0.2, -0.15) is 0 Å². The minimum Gasteiger partial charge on any atom is -0.503 e. The van der Waals surface area contributed by atoms with Gasteiger partial charge in [0.15, 0.2) is 16.9 Å². The van der Waals surface area contributed by atoms with Gasteiger partial charge in [0.2, 0.25) is 5.76 Å². The molecule has 27 heavy (non-hydrogen) atoms. The number of phenolic OH excluding ortho intramolecular Hbond substituents is 1. The van der Waals surface area contributed by atoms with Gasteiger partial charge in [0.1, 0.15) is 5.58 Å². The maximum atomic E-state index is 13.2. The van der Waals surface area contributed by atoms with E-state index in [4.69, 9.17) is 9.15 Å². The van der Waals surface area contributed by atoms with Crippen LogP contribution in [0, 0.1) is 0 Å². The number of nitrogens with one attached hydrogen (secondary N) is 1. The van der Waals surface area contributed by atoms with Crippen molar-refractivity contribution in [2.24, 2.45) is 0 Å². The second-order valence-electron chi connectivity index (χ2n) is 6.32. The summed E-state index contributed by atoms with van der Waals surface area (Å²) in [5.41, 5.74) is 2.02. The van der Waals surface area contributed by atoms with Crippen molar-refractivity contribution in [2.75, 3.05) is 7.11 Å². The third-order valence-electron chi connectivity index (χ3n) is 4.77. The molecular formula is C20H16BrNO5.